The summed E-state index contributed by atoms with van der Waals surface area (Å²) >= 11 is 0. The maximum absolute atomic E-state index is 13.6. The molecule has 1 aliphatic heterocycles. The van der Waals surface area contributed by atoms with E-state index in [-0.39, 0.29) is 17.3 Å². The summed E-state index contributed by atoms with van der Waals surface area (Å²) in [5, 5.41) is 0. The second-order valence-electron chi connectivity index (χ2n) is 8.32. The van der Waals surface area contributed by atoms with E-state index in [4.69, 9.17) is 0 Å². The zero-order valence-electron chi connectivity index (χ0n) is 18.3. The molecule has 1 atom stereocenters. The Bertz CT molecular complexity index is 1130. The number of nitrogens with zero attached hydrogens (tertiary/aromatic N) is 2. The molecule has 1 heterocycles. The molecule has 3 aromatic carbocycles. The number of halogens is 1. The van der Waals surface area contributed by atoms with E-state index in [0.29, 0.717) is 32.5 Å². The molecule has 1 fully saturated rings. The number of hydrogen-bond acceptors (Lipinski definition) is 3. The number of piperidine rings is 1. The smallest absolute Gasteiger partial charge is 0.243 e. The van der Waals surface area contributed by atoms with Crippen molar-refractivity contribution < 1.29 is 17.6 Å². The molecule has 3 aromatic rings. The van der Waals surface area contributed by atoms with Gasteiger partial charge in [-0.05, 0) is 48.2 Å². The average molecular weight is 467 g/mol. The molecule has 0 unspecified atom stereocenters. The van der Waals surface area contributed by atoms with Crippen LogP contribution in [0.2, 0.25) is 0 Å². The monoisotopic (exact) mass is 466 g/mol. The average Bonchev–Trinajstić information content (AvgIpc) is 2.85. The van der Waals surface area contributed by atoms with Crippen molar-refractivity contribution in [1.29, 1.82) is 0 Å². The minimum Gasteiger partial charge on any atom is -0.334 e. The minimum atomic E-state index is -3.79. The first-order valence-corrected chi connectivity index (χ1v) is 12.5. The maximum atomic E-state index is 13.6. The molecule has 0 saturated carbocycles. The Morgan fingerprint density at radius 2 is 1.42 bits per heavy atom. The van der Waals surface area contributed by atoms with Crippen LogP contribution in [0.25, 0.3) is 0 Å². The lowest BCUT2D eigenvalue weighted by Gasteiger charge is -2.34. The van der Waals surface area contributed by atoms with Gasteiger partial charge < -0.3 is 4.90 Å². The van der Waals surface area contributed by atoms with E-state index < -0.39 is 21.8 Å². The second kappa shape index (κ2) is 10.3. The van der Waals surface area contributed by atoms with Crippen LogP contribution in [0.3, 0.4) is 0 Å². The van der Waals surface area contributed by atoms with Gasteiger partial charge in [-0.1, -0.05) is 60.7 Å². The number of carbonyl (C=O) groups excluding carboxylic acids is 1. The molecule has 1 saturated heterocycles. The molecule has 0 spiro atoms. The fraction of sp³-hybridized carbons (Fsp3) is 0.269. The van der Waals surface area contributed by atoms with Gasteiger partial charge in [-0.15, -0.1) is 0 Å². The highest BCUT2D eigenvalue weighted by Crippen LogP contribution is 2.26. The molecule has 4 rings (SSSR count). The first-order valence-electron chi connectivity index (χ1n) is 11.1. The van der Waals surface area contributed by atoms with Crippen LogP contribution in [-0.2, 0) is 27.9 Å². The number of sulfonamides is 1. The van der Waals surface area contributed by atoms with E-state index in [1.54, 1.807) is 0 Å². The topological polar surface area (TPSA) is 57.7 Å². The van der Waals surface area contributed by atoms with Crippen molar-refractivity contribution in [3.05, 3.63) is 102 Å². The number of rotatable bonds is 7. The van der Waals surface area contributed by atoms with Gasteiger partial charge in [0.25, 0.3) is 0 Å². The third-order valence-electron chi connectivity index (χ3n) is 5.93. The van der Waals surface area contributed by atoms with Gasteiger partial charge >= 0.3 is 0 Å². The summed E-state index contributed by atoms with van der Waals surface area (Å²) in [6.07, 6.45) is 1.23. The molecule has 0 radical (unpaired) electrons. The SMILES string of the molecule is O=C([C@@H]1CCCN(S(=O)(=O)c2ccc(F)cc2)C1)N(Cc1ccccc1)Cc1ccccc1. The van der Waals surface area contributed by atoms with E-state index in [9.17, 15) is 17.6 Å². The van der Waals surface area contributed by atoms with E-state index in [2.05, 4.69) is 0 Å². The summed E-state index contributed by atoms with van der Waals surface area (Å²) in [4.78, 5) is 15.5. The van der Waals surface area contributed by atoms with Crippen molar-refractivity contribution in [2.24, 2.45) is 5.92 Å². The first-order chi connectivity index (χ1) is 15.9. The summed E-state index contributed by atoms with van der Waals surface area (Å²) in [5.41, 5.74) is 2.04. The first kappa shape index (κ1) is 23.1. The van der Waals surface area contributed by atoms with E-state index in [0.717, 1.165) is 23.3 Å². The molecule has 1 aliphatic rings. The minimum absolute atomic E-state index is 0.0439. The van der Waals surface area contributed by atoms with Crippen molar-refractivity contribution in [2.45, 2.75) is 30.8 Å². The van der Waals surface area contributed by atoms with Crippen LogP contribution in [0.5, 0.6) is 0 Å². The van der Waals surface area contributed by atoms with E-state index in [1.165, 1.54) is 16.4 Å². The third-order valence-corrected chi connectivity index (χ3v) is 7.81. The summed E-state index contributed by atoms with van der Waals surface area (Å²) in [6.45, 7) is 1.38. The van der Waals surface area contributed by atoms with Crippen molar-refractivity contribution in [3.63, 3.8) is 0 Å². The van der Waals surface area contributed by atoms with Crippen LogP contribution in [0.15, 0.2) is 89.8 Å². The lowest BCUT2D eigenvalue weighted by molar-refractivity contribution is -0.138. The summed E-state index contributed by atoms with van der Waals surface area (Å²) in [5.74, 6) is -0.971. The zero-order chi connectivity index (χ0) is 23.3. The molecule has 0 N–H and O–H groups in total. The fourth-order valence-electron chi connectivity index (χ4n) is 4.20. The Balaban J connectivity index is 1.54. The number of hydrogen-bond donors (Lipinski definition) is 0. The van der Waals surface area contributed by atoms with Crippen LogP contribution >= 0.6 is 0 Å². The molecule has 172 valence electrons. The van der Waals surface area contributed by atoms with Crippen LogP contribution in [-0.4, -0.2) is 36.6 Å². The van der Waals surface area contributed by atoms with Crippen LogP contribution in [0.1, 0.15) is 24.0 Å². The Hall–Kier alpha value is -3.03. The van der Waals surface area contributed by atoms with Crippen LogP contribution in [0.4, 0.5) is 4.39 Å². The number of amides is 1. The van der Waals surface area contributed by atoms with Crippen molar-refractivity contribution in [1.82, 2.24) is 9.21 Å². The van der Waals surface area contributed by atoms with E-state index in [1.807, 2.05) is 65.6 Å². The molecule has 7 heteroatoms. The van der Waals surface area contributed by atoms with Crippen LogP contribution in [0, 0.1) is 11.7 Å². The molecule has 1 amide bonds. The lowest BCUT2D eigenvalue weighted by atomic mass is 9.97. The zero-order valence-corrected chi connectivity index (χ0v) is 19.1. The molecular formula is C26H27FN2O3S. The van der Waals surface area contributed by atoms with Gasteiger partial charge in [0, 0.05) is 26.2 Å². The molecule has 5 nitrogen and oxygen atoms in total. The van der Waals surface area contributed by atoms with Gasteiger partial charge in [0.2, 0.25) is 15.9 Å². The molecule has 0 aromatic heterocycles. The fourth-order valence-corrected chi connectivity index (χ4v) is 5.72. The van der Waals surface area contributed by atoms with Gasteiger partial charge in [0.1, 0.15) is 5.82 Å². The Kier molecular flexibility index (Phi) is 7.20. The predicted molar refractivity (Wildman–Crippen MR) is 125 cm³/mol. The van der Waals surface area contributed by atoms with Crippen molar-refractivity contribution in [2.75, 3.05) is 13.1 Å². The van der Waals surface area contributed by atoms with Crippen molar-refractivity contribution >= 4 is 15.9 Å². The van der Waals surface area contributed by atoms with Crippen LogP contribution < -0.4 is 0 Å². The number of carbonyl (C=O) groups is 1. The summed E-state index contributed by atoms with van der Waals surface area (Å²) in [7, 11) is -3.79. The van der Waals surface area contributed by atoms with E-state index >= 15 is 0 Å². The van der Waals surface area contributed by atoms with Gasteiger partial charge in [-0.25, -0.2) is 12.8 Å². The van der Waals surface area contributed by atoms with Gasteiger partial charge in [-0.2, -0.15) is 4.31 Å². The highest BCUT2D eigenvalue weighted by atomic mass is 32.2. The molecular weight excluding hydrogens is 439 g/mol. The Labute approximate surface area is 194 Å². The Morgan fingerprint density at radius 1 is 0.879 bits per heavy atom. The number of benzene rings is 3. The van der Waals surface area contributed by atoms with Crippen molar-refractivity contribution in [3.8, 4) is 0 Å². The molecule has 33 heavy (non-hydrogen) atoms. The van der Waals surface area contributed by atoms with Gasteiger partial charge in [0.15, 0.2) is 0 Å². The predicted octanol–water partition coefficient (Wildman–Crippen LogP) is 4.46. The summed E-state index contributed by atoms with van der Waals surface area (Å²) < 4.78 is 40.8. The highest BCUT2D eigenvalue weighted by molar-refractivity contribution is 7.89. The maximum Gasteiger partial charge on any atom is 0.243 e. The third kappa shape index (κ3) is 5.67. The normalized spacial score (nSPS) is 16.9. The summed E-state index contributed by atoms with van der Waals surface area (Å²) in [6, 6.07) is 24.4. The van der Waals surface area contributed by atoms with Gasteiger partial charge in [-0.3, -0.25) is 4.79 Å². The Morgan fingerprint density at radius 3 is 1.97 bits per heavy atom. The largest absolute Gasteiger partial charge is 0.334 e. The molecule has 0 aliphatic carbocycles. The quantitative estimate of drug-likeness (QED) is 0.517. The molecule has 0 bridgehead atoms. The lowest BCUT2D eigenvalue weighted by Crippen LogP contribution is -2.46. The van der Waals surface area contributed by atoms with Gasteiger partial charge in [0.05, 0.1) is 10.8 Å². The standard InChI is InChI=1S/C26H27FN2O3S/c27-24-13-15-25(16-14-24)33(31,32)29-17-7-12-23(20-29)26(30)28(18-21-8-3-1-4-9-21)19-22-10-5-2-6-11-22/h1-6,8-11,13-16,23H,7,12,17-20H2/t23-/m1/s1. The second-order valence-corrected chi connectivity index (χ2v) is 10.3. The highest BCUT2D eigenvalue weighted by Gasteiger charge is 2.35.